The number of amides is 4. The van der Waals surface area contributed by atoms with E-state index in [1.165, 1.54) is 6.21 Å². The third-order valence-electron chi connectivity index (χ3n) is 2.55. The summed E-state index contributed by atoms with van der Waals surface area (Å²) in [5, 5.41) is 5.81. The van der Waals surface area contributed by atoms with E-state index in [1.807, 2.05) is 0 Å². The molecule has 0 aromatic carbocycles. The molecule has 0 aliphatic carbocycles. The average Bonchev–Trinajstić information content (AvgIpc) is 2.83. The van der Waals surface area contributed by atoms with Crippen LogP contribution in [0.25, 0.3) is 0 Å². The smallest absolute Gasteiger partial charge is 0.335 e. The van der Waals surface area contributed by atoms with Crippen LogP contribution in [0.3, 0.4) is 0 Å². The molecule has 1 atom stereocenters. The van der Waals surface area contributed by atoms with Crippen molar-refractivity contribution in [1.29, 1.82) is 0 Å². The van der Waals surface area contributed by atoms with Gasteiger partial charge in [-0.25, -0.2) is 15.6 Å². The molecule has 1 unspecified atom stereocenters. The van der Waals surface area contributed by atoms with Crippen molar-refractivity contribution >= 4 is 40.0 Å². The van der Waals surface area contributed by atoms with Crippen molar-refractivity contribution in [2.45, 2.75) is 18.9 Å². The van der Waals surface area contributed by atoms with Gasteiger partial charge < -0.3 is 4.42 Å². The molecular weight excluding hydrogens is 346 g/mol. The summed E-state index contributed by atoms with van der Waals surface area (Å²) in [6.45, 7) is 0. The molecule has 1 saturated heterocycles. The van der Waals surface area contributed by atoms with Gasteiger partial charge in [0.05, 0.1) is 6.21 Å². The number of urea groups is 1. The first-order valence-corrected chi connectivity index (χ1v) is 6.77. The topological polar surface area (TPSA) is 125 Å². The van der Waals surface area contributed by atoms with Crippen molar-refractivity contribution in [2.75, 3.05) is 0 Å². The molecule has 0 saturated carbocycles. The van der Waals surface area contributed by atoms with Gasteiger partial charge in [0.15, 0.2) is 4.67 Å². The maximum atomic E-state index is 11.5. The minimum Gasteiger partial charge on any atom is -0.448 e. The second-order valence-electron chi connectivity index (χ2n) is 4.11. The van der Waals surface area contributed by atoms with E-state index < -0.39 is 18.0 Å². The van der Waals surface area contributed by atoms with Gasteiger partial charge in [0.1, 0.15) is 11.8 Å². The maximum Gasteiger partial charge on any atom is 0.335 e. The summed E-state index contributed by atoms with van der Waals surface area (Å²) in [5.74, 6) is -0.350. The highest BCUT2D eigenvalue weighted by Crippen LogP contribution is 2.11. The highest BCUT2D eigenvalue weighted by Gasteiger charge is 2.25. The lowest BCUT2D eigenvalue weighted by atomic mass is 10.1. The summed E-state index contributed by atoms with van der Waals surface area (Å²) in [5.41, 5.74) is 7.07. The van der Waals surface area contributed by atoms with Crippen molar-refractivity contribution in [3.8, 4) is 0 Å². The number of hydrazine groups is 1. The van der Waals surface area contributed by atoms with Crippen LogP contribution in [0.1, 0.15) is 18.6 Å². The normalized spacial score (nSPS) is 18.4. The number of carbonyl (C=O) groups is 3. The molecule has 112 valence electrons. The fraction of sp³-hybridized carbons (Fsp3) is 0.273. The van der Waals surface area contributed by atoms with Gasteiger partial charge >= 0.3 is 6.03 Å². The molecule has 2 rings (SSSR count). The van der Waals surface area contributed by atoms with Crippen LogP contribution >= 0.6 is 15.9 Å². The van der Waals surface area contributed by atoms with Crippen molar-refractivity contribution in [3.63, 3.8) is 0 Å². The largest absolute Gasteiger partial charge is 0.448 e. The number of nitrogens with zero attached hydrogens (tertiary/aromatic N) is 1. The number of hydrogen-bond donors (Lipinski definition) is 4. The molecule has 1 aliphatic rings. The Morgan fingerprint density at radius 1 is 1.48 bits per heavy atom. The predicted molar refractivity (Wildman–Crippen MR) is 75.0 cm³/mol. The second-order valence-corrected chi connectivity index (χ2v) is 4.90. The Bertz CT molecular complexity index is 585. The van der Waals surface area contributed by atoms with Gasteiger partial charge in [0.2, 0.25) is 11.8 Å². The summed E-state index contributed by atoms with van der Waals surface area (Å²) in [6.07, 6.45) is 1.65. The number of hydrogen-bond acceptors (Lipinski definition) is 6. The van der Waals surface area contributed by atoms with E-state index in [0.29, 0.717) is 10.4 Å². The van der Waals surface area contributed by atoms with E-state index in [0.717, 1.165) is 0 Å². The zero-order valence-electron chi connectivity index (χ0n) is 10.7. The van der Waals surface area contributed by atoms with Crippen LogP contribution in [0.2, 0.25) is 0 Å². The lowest BCUT2D eigenvalue weighted by Gasteiger charge is -2.22. The van der Waals surface area contributed by atoms with Gasteiger partial charge in [-0.2, -0.15) is 5.10 Å². The van der Waals surface area contributed by atoms with E-state index in [2.05, 4.69) is 42.6 Å². The number of rotatable bonds is 5. The third-order valence-corrected chi connectivity index (χ3v) is 2.97. The zero-order valence-corrected chi connectivity index (χ0v) is 12.3. The molecule has 1 aromatic rings. The Morgan fingerprint density at radius 2 is 2.29 bits per heavy atom. The van der Waals surface area contributed by atoms with Crippen LogP contribution in [0.4, 0.5) is 4.79 Å². The molecule has 1 aliphatic heterocycles. The number of nitrogens with one attached hydrogen (secondary N) is 4. The molecule has 2 heterocycles. The Hall–Kier alpha value is -2.20. The number of halogens is 1. The first kappa shape index (κ1) is 15.2. The molecule has 21 heavy (non-hydrogen) atoms. The first-order valence-electron chi connectivity index (χ1n) is 5.98. The summed E-state index contributed by atoms with van der Waals surface area (Å²) >= 11 is 3.14. The summed E-state index contributed by atoms with van der Waals surface area (Å²) in [4.78, 5) is 33.8. The Balaban J connectivity index is 1.71. The first-order chi connectivity index (χ1) is 10.0. The van der Waals surface area contributed by atoms with Gasteiger partial charge in [-0.05, 0) is 34.5 Å². The molecule has 4 N–H and O–H groups in total. The SMILES string of the molecule is O=C(CCC1NNC(=O)NC1=O)N/N=C/c1ccc(Br)o1. The molecule has 10 heteroatoms. The molecule has 9 nitrogen and oxygen atoms in total. The van der Waals surface area contributed by atoms with Crippen molar-refractivity contribution < 1.29 is 18.8 Å². The number of furan rings is 1. The molecule has 1 aromatic heterocycles. The summed E-state index contributed by atoms with van der Waals surface area (Å²) in [6, 6.07) is 2.11. The Kier molecular flexibility index (Phi) is 5.06. The lowest BCUT2D eigenvalue weighted by molar-refractivity contribution is -0.124. The number of carbonyl (C=O) groups excluding carboxylic acids is 3. The average molecular weight is 358 g/mol. The third kappa shape index (κ3) is 4.68. The van der Waals surface area contributed by atoms with Gasteiger partial charge in [-0.1, -0.05) is 0 Å². The summed E-state index contributed by atoms with van der Waals surface area (Å²) < 4.78 is 5.72. The minimum atomic E-state index is -0.654. The van der Waals surface area contributed by atoms with E-state index in [1.54, 1.807) is 12.1 Å². The van der Waals surface area contributed by atoms with Crippen LogP contribution < -0.4 is 21.6 Å². The molecule has 0 spiro atoms. The molecular formula is C11H12BrN5O4. The van der Waals surface area contributed by atoms with E-state index in [9.17, 15) is 14.4 Å². The highest BCUT2D eigenvalue weighted by molar-refractivity contribution is 9.10. The standard InChI is InChI=1S/C11H12BrN5O4/c12-8-3-1-6(21-8)5-13-16-9(18)4-2-7-10(19)14-11(20)17-15-7/h1,3,5,7,15H,2,4H2,(H,16,18)(H2,14,17,19,20)/b13-5+. The lowest BCUT2D eigenvalue weighted by Crippen LogP contribution is -2.62. The van der Waals surface area contributed by atoms with Gasteiger partial charge in [0.25, 0.3) is 0 Å². The monoisotopic (exact) mass is 357 g/mol. The van der Waals surface area contributed by atoms with Crippen molar-refractivity contribution in [1.82, 2.24) is 21.6 Å². The van der Waals surface area contributed by atoms with Crippen molar-refractivity contribution in [3.05, 3.63) is 22.6 Å². The van der Waals surface area contributed by atoms with Gasteiger partial charge in [-0.3, -0.25) is 20.3 Å². The molecule has 1 fully saturated rings. The fourth-order valence-electron chi connectivity index (χ4n) is 1.55. The fourth-order valence-corrected chi connectivity index (χ4v) is 1.87. The summed E-state index contributed by atoms with van der Waals surface area (Å²) in [7, 11) is 0. The number of imide groups is 1. The van der Waals surface area contributed by atoms with E-state index in [4.69, 9.17) is 4.42 Å². The van der Waals surface area contributed by atoms with Crippen LogP contribution in [0.5, 0.6) is 0 Å². The van der Waals surface area contributed by atoms with E-state index in [-0.39, 0.29) is 18.7 Å². The second kappa shape index (κ2) is 6.99. The highest BCUT2D eigenvalue weighted by atomic mass is 79.9. The molecule has 4 amide bonds. The maximum absolute atomic E-state index is 11.5. The number of hydrazone groups is 1. The van der Waals surface area contributed by atoms with Crippen LogP contribution in [0, 0.1) is 0 Å². The van der Waals surface area contributed by atoms with Crippen LogP contribution in [0.15, 0.2) is 26.3 Å². The van der Waals surface area contributed by atoms with Crippen molar-refractivity contribution in [2.24, 2.45) is 5.10 Å². The Labute approximate surface area is 127 Å². The van der Waals surface area contributed by atoms with Gasteiger partial charge in [-0.15, -0.1) is 0 Å². The molecule has 0 radical (unpaired) electrons. The predicted octanol–water partition coefficient (Wildman–Crippen LogP) is -0.0150. The molecule has 0 bridgehead atoms. The van der Waals surface area contributed by atoms with Crippen LogP contribution in [-0.4, -0.2) is 30.1 Å². The zero-order chi connectivity index (χ0) is 15.2. The Morgan fingerprint density at radius 3 is 2.95 bits per heavy atom. The van der Waals surface area contributed by atoms with Crippen LogP contribution in [-0.2, 0) is 9.59 Å². The quantitative estimate of drug-likeness (QED) is 0.435. The van der Waals surface area contributed by atoms with Gasteiger partial charge in [0, 0.05) is 6.42 Å². The van der Waals surface area contributed by atoms with E-state index >= 15 is 0 Å². The minimum absolute atomic E-state index is 0.0696.